The van der Waals surface area contributed by atoms with Crippen molar-refractivity contribution < 1.29 is 27.7 Å². The lowest BCUT2D eigenvalue weighted by atomic mass is 10.2. The van der Waals surface area contributed by atoms with Crippen molar-refractivity contribution in [3.05, 3.63) is 86.0 Å². The summed E-state index contributed by atoms with van der Waals surface area (Å²) in [5.74, 6) is 0.195. The molecule has 0 bridgehead atoms. The van der Waals surface area contributed by atoms with Crippen LogP contribution in [0.4, 0.5) is 10.6 Å². The number of imidazole rings is 1. The van der Waals surface area contributed by atoms with Crippen LogP contribution in [0.2, 0.25) is 5.04 Å². The molecule has 0 aliphatic carbocycles. The Morgan fingerprint density at radius 3 is 2.48 bits per heavy atom. The van der Waals surface area contributed by atoms with E-state index in [0.29, 0.717) is 17.6 Å². The van der Waals surface area contributed by atoms with Crippen molar-refractivity contribution in [2.75, 3.05) is 25.1 Å². The molecule has 1 fully saturated rings. The zero-order chi connectivity index (χ0) is 34.1. The van der Waals surface area contributed by atoms with E-state index in [0.717, 1.165) is 10.4 Å². The van der Waals surface area contributed by atoms with Crippen LogP contribution in [0.1, 0.15) is 39.8 Å². The van der Waals surface area contributed by atoms with E-state index in [9.17, 15) is 4.79 Å². The Kier molecular flexibility index (Phi) is 11.9. The minimum absolute atomic E-state index is 0.0481. The Hall–Kier alpha value is -3.73. The van der Waals surface area contributed by atoms with Gasteiger partial charge in [-0.25, -0.2) is 19.7 Å². The molecule has 1 N–H and O–H groups in total. The second-order valence-corrected chi connectivity index (χ2v) is 18.0. The van der Waals surface area contributed by atoms with Gasteiger partial charge in [-0.15, -0.1) is 0 Å². The molecule has 1 saturated heterocycles. The molecule has 4 atom stereocenters. The van der Waals surface area contributed by atoms with E-state index in [1.165, 1.54) is 12.4 Å². The molecule has 2 aromatic heterocycles. The number of ether oxygens (including phenoxy) is 2. The highest BCUT2D eigenvalue weighted by molar-refractivity contribution is 7.76. The normalized spacial score (nSPS) is 18.7. The maximum absolute atomic E-state index is 12.2. The molecule has 1 amide bonds. The lowest BCUT2D eigenvalue weighted by Crippen LogP contribution is -2.67. The predicted molar refractivity (Wildman–Crippen MR) is 186 cm³/mol. The van der Waals surface area contributed by atoms with E-state index >= 15 is 0 Å². The van der Waals surface area contributed by atoms with Gasteiger partial charge in [0.2, 0.25) is 0 Å². The summed E-state index contributed by atoms with van der Waals surface area (Å²) in [5.41, 5.74) is 0.806. The highest BCUT2D eigenvalue weighted by Crippen LogP contribution is 2.49. The number of aromatic nitrogens is 4. The first-order valence-corrected chi connectivity index (χ1v) is 19.4. The molecule has 0 saturated carbocycles. The molecule has 48 heavy (non-hydrogen) atoms. The number of hydrogen-bond acceptors (Lipinski definition) is 10. The van der Waals surface area contributed by atoms with Crippen LogP contribution in [0.15, 0.2) is 86.0 Å². The SMILES string of the molecule is C=CCOC(=O)Nc1ncnc2c1ncn2[C@H]1C[C@H](OP(Cl)OCCC#N)[C@@H](CO[Si](c2ccccc2)(c2ccccc2)C(C)(C)C)O1. The summed E-state index contributed by atoms with van der Waals surface area (Å²) in [5, 5.41) is 13.6. The number of nitriles is 1. The van der Waals surface area contributed by atoms with Crippen molar-refractivity contribution in [1.82, 2.24) is 19.5 Å². The van der Waals surface area contributed by atoms with Crippen LogP contribution in [0, 0.1) is 11.3 Å². The molecule has 12 nitrogen and oxygen atoms in total. The molecule has 0 spiro atoms. The summed E-state index contributed by atoms with van der Waals surface area (Å²) in [7, 11) is -4.74. The van der Waals surface area contributed by atoms with Crippen molar-refractivity contribution in [3.8, 4) is 6.07 Å². The van der Waals surface area contributed by atoms with Crippen molar-refractivity contribution in [3.63, 3.8) is 0 Å². The quantitative estimate of drug-likeness (QED) is 0.0696. The first kappa shape index (κ1) is 35.6. The number of nitrogens with zero attached hydrogens (tertiary/aromatic N) is 5. The molecular formula is C33H38ClN6O6PSi. The summed E-state index contributed by atoms with van der Waals surface area (Å²) < 4.78 is 32.5. The van der Waals surface area contributed by atoms with Crippen molar-refractivity contribution in [2.45, 2.75) is 57.1 Å². The highest BCUT2D eigenvalue weighted by Gasteiger charge is 2.51. The van der Waals surface area contributed by atoms with Gasteiger partial charge in [-0.05, 0) is 26.7 Å². The van der Waals surface area contributed by atoms with Crippen LogP contribution in [0.5, 0.6) is 0 Å². The smallest absolute Gasteiger partial charge is 0.413 e. The molecule has 252 valence electrons. The Bertz CT molecular complexity index is 1680. The van der Waals surface area contributed by atoms with Crippen LogP contribution < -0.4 is 15.7 Å². The fourth-order valence-electron chi connectivity index (χ4n) is 5.82. The fraction of sp³-hybridized carbons (Fsp3) is 0.364. The molecule has 1 aliphatic heterocycles. The molecule has 3 heterocycles. The molecule has 4 aromatic rings. The molecule has 1 aliphatic rings. The third-order valence-electron chi connectivity index (χ3n) is 7.91. The van der Waals surface area contributed by atoms with E-state index < -0.39 is 40.6 Å². The van der Waals surface area contributed by atoms with Crippen molar-refractivity contribution >= 4 is 60.7 Å². The zero-order valence-electron chi connectivity index (χ0n) is 27.0. The molecule has 15 heteroatoms. The minimum Gasteiger partial charge on any atom is -0.445 e. The minimum atomic E-state index is -2.91. The van der Waals surface area contributed by atoms with Gasteiger partial charge in [-0.2, -0.15) is 5.26 Å². The Balaban J connectivity index is 1.45. The summed E-state index contributed by atoms with van der Waals surface area (Å²) in [6, 6.07) is 22.7. The van der Waals surface area contributed by atoms with Gasteiger partial charge in [0.15, 0.2) is 17.0 Å². The number of carbonyl (C=O) groups excluding carboxylic acids is 1. The van der Waals surface area contributed by atoms with E-state index in [2.05, 4.69) is 71.9 Å². The summed E-state index contributed by atoms with van der Waals surface area (Å²) in [4.78, 5) is 25.3. The maximum Gasteiger partial charge on any atom is 0.413 e. The number of rotatable bonds is 14. The fourth-order valence-corrected chi connectivity index (χ4v) is 11.6. The van der Waals surface area contributed by atoms with Crippen LogP contribution in [-0.2, 0) is 22.9 Å². The molecule has 0 radical (unpaired) electrons. The largest absolute Gasteiger partial charge is 0.445 e. The van der Waals surface area contributed by atoms with Crippen molar-refractivity contribution in [1.29, 1.82) is 5.26 Å². The van der Waals surface area contributed by atoms with Crippen LogP contribution in [-0.4, -0.2) is 66.0 Å². The number of hydrogen-bond donors (Lipinski definition) is 1. The van der Waals surface area contributed by atoms with Crippen LogP contribution in [0.25, 0.3) is 11.2 Å². The van der Waals surface area contributed by atoms with Gasteiger partial charge < -0.3 is 22.9 Å². The number of benzene rings is 2. The zero-order valence-corrected chi connectivity index (χ0v) is 29.6. The topological polar surface area (TPSA) is 143 Å². The van der Waals surface area contributed by atoms with Gasteiger partial charge in [0.25, 0.3) is 16.0 Å². The maximum atomic E-state index is 12.2. The van der Waals surface area contributed by atoms with Gasteiger partial charge in [0.1, 0.15) is 25.3 Å². The second-order valence-electron chi connectivity index (χ2n) is 12.0. The lowest BCUT2D eigenvalue weighted by Gasteiger charge is -2.43. The van der Waals surface area contributed by atoms with Gasteiger partial charge in [-0.3, -0.25) is 9.88 Å². The van der Waals surface area contributed by atoms with E-state index in [1.807, 2.05) is 42.5 Å². The first-order chi connectivity index (χ1) is 23.2. The average molecular weight is 709 g/mol. The van der Waals surface area contributed by atoms with Gasteiger partial charge >= 0.3 is 6.09 Å². The van der Waals surface area contributed by atoms with Gasteiger partial charge in [0.05, 0.1) is 38.1 Å². The summed E-state index contributed by atoms with van der Waals surface area (Å²) in [6.45, 7) is 10.6. The average Bonchev–Trinajstić information content (AvgIpc) is 3.69. The van der Waals surface area contributed by atoms with Gasteiger partial charge in [0, 0.05) is 6.42 Å². The molecular weight excluding hydrogens is 671 g/mol. The first-order valence-electron chi connectivity index (χ1n) is 15.4. The van der Waals surface area contributed by atoms with Crippen LogP contribution >= 0.6 is 19.0 Å². The Labute approximate surface area is 286 Å². The lowest BCUT2D eigenvalue weighted by molar-refractivity contribution is -0.0357. The van der Waals surface area contributed by atoms with Crippen molar-refractivity contribution in [2.24, 2.45) is 0 Å². The monoisotopic (exact) mass is 708 g/mol. The highest BCUT2D eigenvalue weighted by atomic mass is 35.7. The third-order valence-corrected chi connectivity index (χ3v) is 14.3. The Morgan fingerprint density at radius 2 is 1.85 bits per heavy atom. The van der Waals surface area contributed by atoms with E-state index in [1.54, 1.807) is 10.9 Å². The number of amides is 1. The molecule has 2 aromatic carbocycles. The molecule has 1 unspecified atom stereocenters. The van der Waals surface area contributed by atoms with E-state index in [4.69, 9.17) is 39.4 Å². The van der Waals surface area contributed by atoms with Crippen LogP contribution in [0.3, 0.4) is 0 Å². The molecule has 5 rings (SSSR count). The second kappa shape index (κ2) is 16.1. The Morgan fingerprint density at radius 1 is 1.17 bits per heavy atom. The number of halogens is 1. The predicted octanol–water partition coefficient (Wildman–Crippen LogP) is 6.21. The van der Waals surface area contributed by atoms with E-state index in [-0.39, 0.29) is 37.1 Å². The summed E-state index contributed by atoms with van der Waals surface area (Å²) >= 11 is 6.51. The number of nitrogens with one attached hydrogen (secondary N) is 1. The number of anilines is 1. The van der Waals surface area contributed by atoms with Gasteiger partial charge in [-0.1, -0.05) is 94.1 Å². The standard InChI is InChI=1S/C33H38ClN6O6PSi/c1-5-18-42-32(41)39-30-29-31(37-22-36-30)40(23-38-29)28-20-26(46-47(34)43-19-12-17-35)27(45-28)21-44-48(33(2,3)4,24-13-8-6-9-14-24)25-15-10-7-11-16-25/h5-11,13-16,22-23,26-28H,1,12,18-21H2,2-4H3,(H,36,37,39,41)/t26-,27+,28+,47?/m0/s1. The number of fused-ring (bicyclic) bond motifs is 1. The third kappa shape index (κ3) is 7.93. The number of carbonyl (C=O) groups is 1. The summed E-state index contributed by atoms with van der Waals surface area (Å²) in [6.07, 6.45) is 2.62.